The molecule has 0 heterocycles. The second kappa shape index (κ2) is 9.72. The van der Waals surface area contributed by atoms with E-state index in [1.807, 2.05) is 24.3 Å². The van der Waals surface area contributed by atoms with Gasteiger partial charge in [0.2, 0.25) is 5.91 Å². The van der Waals surface area contributed by atoms with Crippen molar-refractivity contribution in [3.63, 3.8) is 0 Å². The van der Waals surface area contributed by atoms with Crippen LogP contribution in [0.15, 0.2) is 48.5 Å². The zero-order chi connectivity index (χ0) is 24.4. The number of carbonyl (C=O) groups is 3. The highest BCUT2D eigenvalue weighted by molar-refractivity contribution is 5.80. The van der Waals surface area contributed by atoms with Gasteiger partial charge < -0.3 is 20.5 Å². The normalized spacial score (nSPS) is 21.9. The van der Waals surface area contributed by atoms with Gasteiger partial charge >= 0.3 is 12.1 Å². The third-order valence-electron chi connectivity index (χ3n) is 7.96. The highest BCUT2D eigenvalue weighted by Crippen LogP contribution is 2.44. The number of carboxylic acid groups (broad SMARTS) is 1. The van der Waals surface area contributed by atoms with Crippen LogP contribution in [0.5, 0.6) is 0 Å². The summed E-state index contributed by atoms with van der Waals surface area (Å²) < 4.78 is 5.70. The summed E-state index contributed by atoms with van der Waals surface area (Å²) in [6, 6.07) is 16.3. The van der Waals surface area contributed by atoms with Crippen LogP contribution in [0.4, 0.5) is 4.79 Å². The Kier molecular flexibility index (Phi) is 6.50. The van der Waals surface area contributed by atoms with Crippen LogP contribution in [0, 0.1) is 5.92 Å². The van der Waals surface area contributed by atoms with Crippen molar-refractivity contribution in [2.75, 3.05) is 6.61 Å². The van der Waals surface area contributed by atoms with Crippen molar-refractivity contribution in [1.82, 2.24) is 10.6 Å². The molecule has 0 spiro atoms. The van der Waals surface area contributed by atoms with E-state index >= 15 is 0 Å². The first kappa shape index (κ1) is 23.4. The van der Waals surface area contributed by atoms with Crippen molar-refractivity contribution in [3.8, 4) is 11.1 Å². The molecule has 2 amide bonds. The standard InChI is InChI=1S/C28H32N2O5/c31-25(29-24-12-5-7-18(24)15-26(32)33)16-28(13-6-14-28)30-27(34)35-17-23-21-10-3-1-8-19(21)20-9-2-4-11-22(20)23/h1-4,8-11,18,23-24H,5-7,12-17H2,(H,29,31)(H,30,34)(H,32,33)/t18-,24+/m0/s1. The predicted molar refractivity (Wildman–Crippen MR) is 131 cm³/mol. The SMILES string of the molecule is O=C(O)C[C@@H]1CCC[C@H]1NC(=O)CC1(NC(=O)OCC2c3ccccc3-c3ccccc32)CCC1. The number of aliphatic carboxylic acids is 1. The second-order valence-corrected chi connectivity index (χ2v) is 10.2. The van der Waals surface area contributed by atoms with Gasteiger partial charge in [-0.05, 0) is 60.3 Å². The summed E-state index contributed by atoms with van der Waals surface area (Å²) >= 11 is 0. The molecule has 184 valence electrons. The summed E-state index contributed by atoms with van der Waals surface area (Å²) in [5.41, 5.74) is 4.08. The zero-order valence-electron chi connectivity index (χ0n) is 19.8. The summed E-state index contributed by atoms with van der Waals surface area (Å²) in [6.45, 7) is 0.237. The number of carbonyl (C=O) groups excluding carboxylic acids is 2. The van der Waals surface area contributed by atoms with Crippen LogP contribution >= 0.6 is 0 Å². The maximum Gasteiger partial charge on any atom is 0.407 e. The van der Waals surface area contributed by atoms with E-state index in [1.54, 1.807) is 0 Å². The van der Waals surface area contributed by atoms with Crippen LogP contribution in [-0.2, 0) is 14.3 Å². The molecule has 3 N–H and O–H groups in total. The highest BCUT2D eigenvalue weighted by atomic mass is 16.5. The fraction of sp³-hybridized carbons (Fsp3) is 0.464. The molecule has 0 saturated heterocycles. The van der Waals surface area contributed by atoms with Gasteiger partial charge in [0.05, 0.1) is 12.0 Å². The van der Waals surface area contributed by atoms with Crippen LogP contribution in [0.3, 0.4) is 0 Å². The molecule has 5 rings (SSSR count). The van der Waals surface area contributed by atoms with E-state index in [0.717, 1.165) is 49.7 Å². The molecule has 3 aliphatic carbocycles. The van der Waals surface area contributed by atoms with Gasteiger partial charge in [0.15, 0.2) is 0 Å². The van der Waals surface area contributed by atoms with Crippen LogP contribution < -0.4 is 10.6 Å². The number of nitrogens with one attached hydrogen (secondary N) is 2. The molecule has 0 bridgehead atoms. The average molecular weight is 477 g/mol. The number of hydrogen-bond acceptors (Lipinski definition) is 4. The van der Waals surface area contributed by atoms with Crippen molar-refractivity contribution < 1.29 is 24.2 Å². The van der Waals surface area contributed by atoms with E-state index < -0.39 is 17.6 Å². The van der Waals surface area contributed by atoms with Gasteiger partial charge in [-0.1, -0.05) is 55.0 Å². The molecule has 2 aromatic carbocycles. The van der Waals surface area contributed by atoms with Gasteiger partial charge in [-0.3, -0.25) is 9.59 Å². The zero-order valence-corrected chi connectivity index (χ0v) is 19.8. The van der Waals surface area contributed by atoms with E-state index in [-0.39, 0.29) is 43.2 Å². The number of hydrogen-bond donors (Lipinski definition) is 3. The Labute approximate surface area is 205 Å². The molecule has 2 saturated carbocycles. The van der Waals surface area contributed by atoms with Crippen molar-refractivity contribution in [1.29, 1.82) is 0 Å². The summed E-state index contributed by atoms with van der Waals surface area (Å²) in [5, 5.41) is 15.1. The lowest BCUT2D eigenvalue weighted by Gasteiger charge is -2.42. The van der Waals surface area contributed by atoms with E-state index in [0.29, 0.717) is 0 Å². The molecule has 7 heteroatoms. The minimum atomic E-state index is -0.830. The molecule has 7 nitrogen and oxygen atoms in total. The highest BCUT2D eigenvalue weighted by Gasteiger charge is 2.42. The topological polar surface area (TPSA) is 105 Å². The maximum absolute atomic E-state index is 12.8. The number of alkyl carbamates (subject to hydrolysis) is 1. The number of amides is 2. The first-order valence-electron chi connectivity index (χ1n) is 12.6. The average Bonchev–Trinajstić information content (AvgIpc) is 3.37. The van der Waals surface area contributed by atoms with E-state index in [4.69, 9.17) is 9.84 Å². The lowest BCUT2D eigenvalue weighted by atomic mass is 9.74. The summed E-state index contributed by atoms with van der Waals surface area (Å²) in [6.07, 6.45) is 4.72. The Morgan fingerprint density at radius 1 is 0.943 bits per heavy atom. The Balaban J connectivity index is 1.17. The third-order valence-corrected chi connectivity index (χ3v) is 7.96. The predicted octanol–water partition coefficient (Wildman–Crippen LogP) is 4.60. The molecule has 2 atom stereocenters. The Hall–Kier alpha value is -3.35. The lowest BCUT2D eigenvalue weighted by Crippen LogP contribution is -2.56. The largest absolute Gasteiger partial charge is 0.481 e. The second-order valence-electron chi connectivity index (χ2n) is 10.2. The van der Waals surface area contributed by atoms with Crippen LogP contribution in [0.1, 0.15) is 68.4 Å². The van der Waals surface area contributed by atoms with Crippen molar-refractivity contribution >= 4 is 18.0 Å². The molecular formula is C28H32N2O5. The van der Waals surface area contributed by atoms with Crippen molar-refractivity contribution in [2.24, 2.45) is 5.92 Å². The van der Waals surface area contributed by atoms with Gasteiger partial charge in [-0.15, -0.1) is 0 Å². The first-order chi connectivity index (χ1) is 16.9. The number of rotatable bonds is 8. The fourth-order valence-electron chi connectivity index (χ4n) is 6.06. The monoisotopic (exact) mass is 476 g/mol. The lowest BCUT2D eigenvalue weighted by molar-refractivity contribution is -0.138. The number of benzene rings is 2. The number of carboxylic acids is 1. The van der Waals surface area contributed by atoms with Gasteiger partial charge in [-0.2, -0.15) is 0 Å². The minimum absolute atomic E-state index is 0.0117. The van der Waals surface area contributed by atoms with Crippen LogP contribution in [-0.4, -0.2) is 41.3 Å². The molecular weight excluding hydrogens is 444 g/mol. The summed E-state index contributed by atoms with van der Waals surface area (Å²) in [7, 11) is 0. The first-order valence-corrected chi connectivity index (χ1v) is 12.6. The van der Waals surface area contributed by atoms with E-state index in [1.165, 1.54) is 11.1 Å². The molecule has 0 aliphatic heterocycles. The molecule has 0 unspecified atom stereocenters. The van der Waals surface area contributed by atoms with E-state index in [9.17, 15) is 14.4 Å². The van der Waals surface area contributed by atoms with Crippen molar-refractivity contribution in [3.05, 3.63) is 59.7 Å². The quantitative estimate of drug-likeness (QED) is 0.517. The molecule has 3 aliphatic rings. The molecule has 35 heavy (non-hydrogen) atoms. The van der Waals surface area contributed by atoms with Gasteiger partial charge in [0, 0.05) is 18.4 Å². The van der Waals surface area contributed by atoms with Gasteiger partial charge in [0.25, 0.3) is 0 Å². The molecule has 0 aromatic heterocycles. The number of fused-ring (bicyclic) bond motifs is 3. The Morgan fingerprint density at radius 3 is 2.20 bits per heavy atom. The van der Waals surface area contributed by atoms with Crippen LogP contribution in [0.25, 0.3) is 11.1 Å². The Morgan fingerprint density at radius 2 is 1.60 bits per heavy atom. The number of ether oxygens (including phenoxy) is 1. The molecule has 0 radical (unpaired) electrons. The molecule has 2 aromatic rings. The Bertz CT molecular complexity index is 1080. The maximum atomic E-state index is 12.8. The smallest absolute Gasteiger partial charge is 0.407 e. The van der Waals surface area contributed by atoms with Gasteiger partial charge in [0.1, 0.15) is 6.61 Å². The fourth-order valence-corrected chi connectivity index (χ4v) is 6.06. The summed E-state index contributed by atoms with van der Waals surface area (Å²) in [4.78, 5) is 36.7. The van der Waals surface area contributed by atoms with Crippen LogP contribution in [0.2, 0.25) is 0 Å². The summed E-state index contributed by atoms with van der Waals surface area (Å²) in [5.74, 6) is -0.999. The van der Waals surface area contributed by atoms with Gasteiger partial charge in [-0.25, -0.2) is 4.79 Å². The van der Waals surface area contributed by atoms with Crippen molar-refractivity contribution in [2.45, 2.75) is 68.9 Å². The molecule has 2 fully saturated rings. The van der Waals surface area contributed by atoms with E-state index in [2.05, 4.69) is 34.9 Å². The third kappa shape index (κ3) is 4.90. The minimum Gasteiger partial charge on any atom is -0.481 e.